The van der Waals surface area contributed by atoms with Crippen LogP contribution in [0.1, 0.15) is 12.6 Å². The quantitative estimate of drug-likeness (QED) is 0.785. The molecule has 1 unspecified atom stereocenters. The third-order valence-electron chi connectivity index (χ3n) is 2.21. The largest absolute Gasteiger partial charge is 0.481 e. The van der Waals surface area contributed by atoms with Crippen LogP contribution in [0.4, 0.5) is 0 Å². The number of aliphatic carboxylic acids is 1. The average Bonchev–Trinajstić information content (AvgIpc) is 2.69. The van der Waals surface area contributed by atoms with Gasteiger partial charge in [-0.1, -0.05) is 6.92 Å². The molecule has 16 heavy (non-hydrogen) atoms. The summed E-state index contributed by atoms with van der Waals surface area (Å²) in [6, 6.07) is 0. The minimum atomic E-state index is -0.916. The molecule has 6 heteroatoms. The van der Waals surface area contributed by atoms with Gasteiger partial charge in [-0.05, 0) is 0 Å². The third-order valence-corrected chi connectivity index (χ3v) is 2.21. The van der Waals surface area contributed by atoms with Crippen LogP contribution in [-0.2, 0) is 16.0 Å². The number of carboxylic acids is 1. The number of carboxylic acid groups (broad SMARTS) is 1. The van der Waals surface area contributed by atoms with E-state index in [4.69, 9.17) is 9.52 Å². The topological polar surface area (TPSA) is 83.6 Å². The van der Waals surface area contributed by atoms with Crippen LogP contribution in [0.15, 0.2) is 17.1 Å². The maximum Gasteiger partial charge on any atom is 0.308 e. The van der Waals surface area contributed by atoms with E-state index in [1.807, 2.05) is 0 Å². The Bertz CT molecular complexity index is 361. The van der Waals surface area contributed by atoms with E-state index >= 15 is 0 Å². The van der Waals surface area contributed by atoms with Crippen molar-refractivity contribution in [2.45, 2.75) is 13.3 Å². The smallest absolute Gasteiger partial charge is 0.308 e. The van der Waals surface area contributed by atoms with Gasteiger partial charge in [-0.15, -0.1) is 0 Å². The summed E-state index contributed by atoms with van der Waals surface area (Å²) < 4.78 is 4.74. The van der Waals surface area contributed by atoms with E-state index in [2.05, 4.69) is 4.98 Å². The first-order valence-electron chi connectivity index (χ1n) is 4.84. The van der Waals surface area contributed by atoms with Gasteiger partial charge in [0, 0.05) is 13.6 Å². The lowest BCUT2D eigenvalue weighted by atomic mass is 10.1. The zero-order chi connectivity index (χ0) is 12.1. The fraction of sp³-hybridized carbons (Fsp3) is 0.500. The normalized spacial score (nSPS) is 12.1. The van der Waals surface area contributed by atoms with Gasteiger partial charge in [0.05, 0.1) is 18.0 Å². The molecule has 0 aliphatic rings. The second-order valence-corrected chi connectivity index (χ2v) is 3.67. The number of aromatic nitrogens is 1. The van der Waals surface area contributed by atoms with Crippen molar-refractivity contribution >= 4 is 11.9 Å². The molecule has 1 heterocycles. The molecule has 0 bridgehead atoms. The Kier molecular flexibility index (Phi) is 4.04. The van der Waals surface area contributed by atoms with Crippen molar-refractivity contribution in [3.63, 3.8) is 0 Å². The number of carbonyl (C=O) groups is 2. The molecule has 1 amide bonds. The summed E-state index contributed by atoms with van der Waals surface area (Å²) in [7, 11) is 1.57. The molecule has 6 nitrogen and oxygen atoms in total. The van der Waals surface area contributed by atoms with Crippen LogP contribution in [-0.4, -0.2) is 40.5 Å². The van der Waals surface area contributed by atoms with Gasteiger partial charge in [-0.3, -0.25) is 9.59 Å². The summed E-state index contributed by atoms with van der Waals surface area (Å²) in [5.74, 6) is -1.67. The molecule has 0 fully saturated rings. The molecule has 0 saturated heterocycles. The Labute approximate surface area is 92.9 Å². The number of hydrogen-bond donors (Lipinski definition) is 1. The number of rotatable bonds is 5. The standard InChI is InChI=1S/C10H14N2O4/c1-7(10(14)15)4-12(2)9(13)3-8-5-16-6-11-8/h5-7H,3-4H2,1-2H3,(H,14,15). The van der Waals surface area contributed by atoms with Crippen molar-refractivity contribution in [2.24, 2.45) is 5.92 Å². The Hall–Kier alpha value is -1.85. The number of amides is 1. The van der Waals surface area contributed by atoms with E-state index in [1.165, 1.54) is 17.6 Å². The highest BCUT2D eigenvalue weighted by Crippen LogP contribution is 2.02. The molecule has 0 aromatic carbocycles. The van der Waals surface area contributed by atoms with E-state index < -0.39 is 11.9 Å². The molecular formula is C10H14N2O4. The lowest BCUT2D eigenvalue weighted by Crippen LogP contribution is -2.34. The molecule has 88 valence electrons. The minimum Gasteiger partial charge on any atom is -0.481 e. The molecular weight excluding hydrogens is 212 g/mol. The number of carbonyl (C=O) groups excluding carboxylic acids is 1. The second kappa shape index (κ2) is 5.29. The first-order valence-corrected chi connectivity index (χ1v) is 4.84. The number of likely N-dealkylation sites (N-methyl/N-ethyl adjacent to an activating group) is 1. The van der Waals surface area contributed by atoms with Crippen molar-refractivity contribution in [2.75, 3.05) is 13.6 Å². The molecule has 1 aromatic rings. The van der Waals surface area contributed by atoms with Crippen LogP contribution in [0, 0.1) is 5.92 Å². The lowest BCUT2D eigenvalue weighted by Gasteiger charge is -2.18. The van der Waals surface area contributed by atoms with Gasteiger partial charge in [0.15, 0.2) is 6.39 Å². The molecule has 0 saturated carbocycles. The summed E-state index contributed by atoms with van der Waals surface area (Å²) in [4.78, 5) is 27.4. The van der Waals surface area contributed by atoms with Gasteiger partial charge in [0.2, 0.25) is 5.91 Å². The van der Waals surface area contributed by atoms with Crippen molar-refractivity contribution in [1.82, 2.24) is 9.88 Å². The highest BCUT2D eigenvalue weighted by Gasteiger charge is 2.18. The van der Waals surface area contributed by atoms with Gasteiger partial charge in [-0.25, -0.2) is 4.98 Å². The van der Waals surface area contributed by atoms with Crippen LogP contribution in [0.2, 0.25) is 0 Å². The molecule has 0 aliphatic carbocycles. The minimum absolute atomic E-state index is 0.124. The van der Waals surface area contributed by atoms with Crippen LogP contribution in [0.5, 0.6) is 0 Å². The Morgan fingerprint density at radius 3 is 2.81 bits per heavy atom. The van der Waals surface area contributed by atoms with Crippen LogP contribution in [0.25, 0.3) is 0 Å². The number of nitrogens with zero attached hydrogens (tertiary/aromatic N) is 2. The van der Waals surface area contributed by atoms with Crippen molar-refractivity contribution in [3.05, 3.63) is 18.4 Å². The lowest BCUT2D eigenvalue weighted by molar-refractivity contribution is -0.142. The highest BCUT2D eigenvalue weighted by molar-refractivity contribution is 5.79. The summed E-state index contributed by atoms with van der Waals surface area (Å²) in [6.07, 6.45) is 2.77. The maximum atomic E-state index is 11.6. The van der Waals surface area contributed by atoms with Gasteiger partial charge in [0.1, 0.15) is 6.26 Å². The highest BCUT2D eigenvalue weighted by atomic mass is 16.4. The summed E-state index contributed by atoms with van der Waals surface area (Å²) in [5, 5.41) is 8.70. The van der Waals surface area contributed by atoms with E-state index in [9.17, 15) is 9.59 Å². The van der Waals surface area contributed by atoms with Gasteiger partial charge in [-0.2, -0.15) is 0 Å². The van der Waals surface area contributed by atoms with Crippen molar-refractivity contribution < 1.29 is 19.1 Å². The summed E-state index contributed by atoms with van der Waals surface area (Å²) in [6.45, 7) is 1.74. The molecule has 1 N–H and O–H groups in total. The third kappa shape index (κ3) is 3.38. The van der Waals surface area contributed by atoms with Crippen molar-refractivity contribution in [3.8, 4) is 0 Å². The average molecular weight is 226 g/mol. The van der Waals surface area contributed by atoms with Crippen LogP contribution in [0.3, 0.4) is 0 Å². The Balaban J connectivity index is 2.45. The zero-order valence-corrected chi connectivity index (χ0v) is 9.21. The predicted molar refractivity (Wildman–Crippen MR) is 54.6 cm³/mol. The fourth-order valence-corrected chi connectivity index (χ4v) is 1.21. The Morgan fingerprint density at radius 2 is 2.31 bits per heavy atom. The summed E-state index contributed by atoms with van der Waals surface area (Å²) in [5.41, 5.74) is 0.542. The number of hydrogen-bond acceptors (Lipinski definition) is 4. The SMILES string of the molecule is CC(CN(C)C(=O)Cc1cocn1)C(=O)O. The molecule has 0 spiro atoms. The van der Waals surface area contributed by atoms with Crippen LogP contribution < -0.4 is 0 Å². The van der Waals surface area contributed by atoms with Gasteiger partial charge in [0.25, 0.3) is 0 Å². The van der Waals surface area contributed by atoms with E-state index in [-0.39, 0.29) is 18.9 Å². The molecule has 0 radical (unpaired) electrons. The molecule has 1 atom stereocenters. The van der Waals surface area contributed by atoms with Gasteiger partial charge < -0.3 is 14.4 Å². The van der Waals surface area contributed by atoms with E-state index in [0.29, 0.717) is 5.69 Å². The maximum absolute atomic E-state index is 11.6. The molecule has 1 aromatic heterocycles. The predicted octanol–water partition coefficient (Wildman–Crippen LogP) is 0.396. The van der Waals surface area contributed by atoms with Crippen LogP contribution >= 0.6 is 0 Å². The summed E-state index contributed by atoms with van der Waals surface area (Å²) >= 11 is 0. The molecule has 1 rings (SSSR count). The second-order valence-electron chi connectivity index (χ2n) is 3.67. The van der Waals surface area contributed by atoms with Gasteiger partial charge >= 0.3 is 5.97 Å². The van der Waals surface area contributed by atoms with Crippen molar-refractivity contribution in [1.29, 1.82) is 0 Å². The monoisotopic (exact) mass is 226 g/mol. The zero-order valence-electron chi connectivity index (χ0n) is 9.21. The first-order chi connectivity index (χ1) is 7.50. The molecule has 0 aliphatic heterocycles. The first kappa shape index (κ1) is 12.2. The number of oxazole rings is 1. The Morgan fingerprint density at radius 1 is 1.62 bits per heavy atom. The fourth-order valence-electron chi connectivity index (χ4n) is 1.21. The van der Waals surface area contributed by atoms with E-state index in [0.717, 1.165) is 0 Å². The van der Waals surface area contributed by atoms with E-state index in [1.54, 1.807) is 14.0 Å².